The zero-order valence-corrected chi connectivity index (χ0v) is 13.2. The third-order valence-corrected chi connectivity index (χ3v) is 3.88. The number of rotatable bonds is 4. The van der Waals surface area contributed by atoms with Crippen molar-refractivity contribution in [3.8, 4) is 0 Å². The quantitative estimate of drug-likeness (QED) is 0.667. The van der Waals surface area contributed by atoms with E-state index in [1.807, 2.05) is 0 Å². The molecule has 8 heteroatoms. The van der Waals surface area contributed by atoms with Gasteiger partial charge in [-0.05, 0) is 18.2 Å². The van der Waals surface area contributed by atoms with Gasteiger partial charge in [0.2, 0.25) is 18.2 Å². The predicted molar refractivity (Wildman–Crippen MR) is 83.9 cm³/mol. The summed E-state index contributed by atoms with van der Waals surface area (Å²) in [5.74, 6) is -0.708. The average Bonchev–Trinajstić information content (AvgIpc) is 2.50. The first-order chi connectivity index (χ1) is 10.5. The van der Waals surface area contributed by atoms with Crippen molar-refractivity contribution in [3.63, 3.8) is 0 Å². The molecule has 3 amide bonds. The molecule has 1 fully saturated rings. The van der Waals surface area contributed by atoms with Crippen LogP contribution in [-0.2, 0) is 14.4 Å². The van der Waals surface area contributed by atoms with Crippen molar-refractivity contribution < 1.29 is 14.4 Å². The van der Waals surface area contributed by atoms with Gasteiger partial charge in [0.25, 0.3) is 0 Å². The Balaban J connectivity index is 1.86. The summed E-state index contributed by atoms with van der Waals surface area (Å²) in [6, 6.07) is 4.69. The summed E-state index contributed by atoms with van der Waals surface area (Å²) in [5, 5.41) is 3.36. The minimum absolute atomic E-state index is 0.264. The van der Waals surface area contributed by atoms with Crippen LogP contribution in [0.4, 0.5) is 5.69 Å². The lowest BCUT2D eigenvalue weighted by Crippen LogP contribution is -2.48. The molecule has 0 aromatic heterocycles. The summed E-state index contributed by atoms with van der Waals surface area (Å²) in [5.41, 5.74) is 0.412. The number of carbonyl (C=O) groups excluding carboxylic acids is 3. The lowest BCUT2D eigenvalue weighted by Gasteiger charge is -2.32. The van der Waals surface area contributed by atoms with Gasteiger partial charge in [-0.25, -0.2) is 0 Å². The second-order valence-electron chi connectivity index (χ2n) is 4.87. The molecule has 0 spiro atoms. The van der Waals surface area contributed by atoms with E-state index in [0.717, 1.165) is 6.41 Å². The lowest BCUT2D eigenvalue weighted by atomic mass is 10.2. The Labute approximate surface area is 138 Å². The number of carbonyl (C=O) groups is 3. The first-order valence-electron chi connectivity index (χ1n) is 6.71. The maximum atomic E-state index is 12.0. The molecule has 118 valence electrons. The lowest BCUT2D eigenvalue weighted by molar-refractivity contribution is -0.137. The zero-order chi connectivity index (χ0) is 16.1. The maximum absolute atomic E-state index is 12.0. The van der Waals surface area contributed by atoms with E-state index in [0.29, 0.717) is 41.9 Å². The highest BCUT2D eigenvalue weighted by Gasteiger charge is 2.22. The highest BCUT2D eigenvalue weighted by Crippen LogP contribution is 2.25. The van der Waals surface area contributed by atoms with Crippen molar-refractivity contribution in [2.75, 3.05) is 31.5 Å². The van der Waals surface area contributed by atoms with Crippen molar-refractivity contribution in [2.45, 2.75) is 6.42 Å². The number of nitrogens with zero attached hydrogens (tertiary/aromatic N) is 2. The second-order valence-corrected chi connectivity index (χ2v) is 5.71. The van der Waals surface area contributed by atoms with E-state index in [4.69, 9.17) is 23.2 Å². The summed E-state index contributed by atoms with van der Waals surface area (Å²) in [6.45, 7) is 1.85. The van der Waals surface area contributed by atoms with Crippen LogP contribution >= 0.6 is 23.2 Å². The Morgan fingerprint density at radius 3 is 2.45 bits per heavy atom. The third kappa shape index (κ3) is 4.35. The third-order valence-electron chi connectivity index (χ3n) is 3.33. The molecule has 1 heterocycles. The molecule has 0 unspecified atom stereocenters. The topological polar surface area (TPSA) is 69.7 Å². The van der Waals surface area contributed by atoms with E-state index in [2.05, 4.69) is 5.32 Å². The van der Waals surface area contributed by atoms with E-state index >= 15 is 0 Å². The monoisotopic (exact) mass is 343 g/mol. The predicted octanol–water partition coefficient (Wildman–Crippen LogP) is 1.62. The molecule has 1 saturated heterocycles. The molecule has 1 aliphatic rings. The summed E-state index contributed by atoms with van der Waals surface area (Å²) < 4.78 is 0. The number of anilines is 1. The fourth-order valence-electron chi connectivity index (χ4n) is 2.11. The molecular weight excluding hydrogens is 329 g/mol. The Hall–Kier alpha value is -1.79. The smallest absolute Gasteiger partial charge is 0.233 e. The van der Waals surface area contributed by atoms with Crippen LogP contribution in [0.2, 0.25) is 10.0 Å². The van der Waals surface area contributed by atoms with Gasteiger partial charge in [0, 0.05) is 31.2 Å². The fourth-order valence-corrected chi connectivity index (χ4v) is 2.57. The van der Waals surface area contributed by atoms with Gasteiger partial charge in [0.05, 0.1) is 10.7 Å². The van der Waals surface area contributed by atoms with Crippen LogP contribution in [0.15, 0.2) is 18.2 Å². The molecule has 1 N–H and O–H groups in total. The van der Waals surface area contributed by atoms with Gasteiger partial charge in [0.15, 0.2) is 0 Å². The SMILES string of the molecule is O=CN1CCN(C(=O)CC(=O)Nc2ccc(Cl)cc2Cl)CC1. The number of amides is 3. The molecule has 6 nitrogen and oxygen atoms in total. The van der Waals surface area contributed by atoms with Crippen molar-refractivity contribution in [1.29, 1.82) is 0 Å². The van der Waals surface area contributed by atoms with Crippen LogP contribution in [-0.4, -0.2) is 54.2 Å². The zero-order valence-electron chi connectivity index (χ0n) is 11.7. The number of hydrogen-bond donors (Lipinski definition) is 1. The number of halogens is 2. The first-order valence-corrected chi connectivity index (χ1v) is 7.47. The highest BCUT2D eigenvalue weighted by atomic mass is 35.5. The minimum atomic E-state index is -0.438. The molecule has 0 bridgehead atoms. The van der Waals surface area contributed by atoms with Gasteiger partial charge >= 0.3 is 0 Å². The van der Waals surface area contributed by atoms with Gasteiger partial charge in [-0.3, -0.25) is 14.4 Å². The molecular formula is C14H15Cl2N3O3. The molecule has 0 atom stereocenters. The second kappa shape index (κ2) is 7.47. The molecule has 22 heavy (non-hydrogen) atoms. The highest BCUT2D eigenvalue weighted by molar-refractivity contribution is 6.36. The van der Waals surface area contributed by atoms with Crippen LogP contribution in [0.1, 0.15) is 6.42 Å². The number of nitrogens with one attached hydrogen (secondary N) is 1. The Kier molecular flexibility index (Phi) is 5.63. The molecule has 0 aliphatic carbocycles. The van der Waals surface area contributed by atoms with E-state index in [-0.39, 0.29) is 12.3 Å². The van der Waals surface area contributed by atoms with Crippen molar-refractivity contribution >= 4 is 47.1 Å². The Bertz CT molecular complexity index is 587. The largest absolute Gasteiger partial charge is 0.342 e. The van der Waals surface area contributed by atoms with E-state index in [1.165, 1.54) is 6.07 Å². The minimum Gasteiger partial charge on any atom is -0.342 e. The van der Waals surface area contributed by atoms with E-state index in [9.17, 15) is 14.4 Å². The molecule has 2 rings (SSSR count). The number of hydrogen-bond acceptors (Lipinski definition) is 3. The number of piperazine rings is 1. The van der Waals surface area contributed by atoms with Crippen LogP contribution in [0.5, 0.6) is 0 Å². The summed E-state index contributed by atoms with van der Waals surface area (Å²) in [6.07, 6.45) is 0.497. The van der Waals surface area contributed by atoms with Crippen molar-refractivity contribution in [3.05, 3.63) is 28.2 Å². The summed E-state index contributed by atoms with van der Waals surface area (Å²) in [7, 11) is 0. The summed E-state index contributed by atoms with van der Waals surface area (Å²) in [4.78, 5) is 37.7. The first kappa shape index (κ1) is 16.6. The van der Waals surface area contributed by atoms with Gasteiger partial charge in [-0.1, -0.05) is 23.2 Å². The maximum Gasteiger partial charge on any atom is 0.233 e. The molecule has 1 aliphatic heterocycles. The van der Waals surface area contributed by atoms with Crippen LogP contribution in [0.25, 0.3) is 0 Å². The molecule has 0 radical (unpaired) electrons. The van der Waals surface area contributed by atoms with Gasteiger partial charge in [-0.2, -0.15) is 0 Å². The van der Waals surface area contributed by atoms with E-state index in [1.54, 1.807) is 21.9 Å². The van der Waals surface area contributed by atoms with Crippen molar-refractivity contribution in [1.82, 2.24) is 9.80 Å². The molecule has 0 saturated carbocycles. The number of benzene rings is 1. The fraction of sp³-hybridized carbons (Fsp3) is 0.357. The van der Waals surface area contributed by atoms with Gasteiger partial charge in [0.1, 0.15) is 6.42 Å². The Morgan fingerprint density at radius 1 is 1.18 bits per heavy atom. The van der Waals surface area contributed by atoms with Crippen LogP contribution in [0, 0.1) is 0 Å². The van der Waals surface area contributed by atoms with Crippen LogP contribution < -0.4 is 5.32 Å². The van der Waals surface area contributed by atoms with Crippen molar-refractivity contribution in [2.24, 2.45) is 0 Å². The Morgan fingerprint density at radius 2 is 1.86 bits per heavy atom. The van der Waals surface area contributed by atoms with Crippen LogP contribution in [0.3, 0.4) is 0 Å². The molecule has 1 aromatic carbocycles. The van der Waals surface area contributed by atoms with Gasteiger partial charge in [-0.15, -0.1) is 0 Å². The molecule has 1 aromatic rings. The van der Waals surface area contributed by atoms with Gasteiger partial charge < -0.3 is 15.1 Å². The standard InChI is InChI=1S/C14H15Cl2N3O3/c15-10-1-2-12(11(16)7-10)17-13(21)8-14(22)19-5-3-18(9-20)4-6-19/h1-2,7,9H,3-6,8H2,(H,17,21). The summed E-state index contributed by atoms with van der Waals surface area (Å²) >= 11 is 11.7. The average molecular weight is 344 g/mol. The van der Waals surface area contributed by atoms with E-state index < -0.39 is 5.91 Å². The normalized spacial score (nSPS) is 14.6.